The average Bonchev–Trinajstić information content (AvgIpc) is 3.30. The Labute approximate surface area is 228 Å². The number of aliphatic hydroxyl groups excluding tert-OH is 1. The summed E-state index contributed by atoms with van der Waals surface area (Å²) in [5.41, 5.74) is -4.20. The first kappa shape index (κ1) is 32.8. The monoisotopic (exact) mass is 574 g/mol. The molecule has 12 heteroatoms. The van der Waals surface area contributed by atoms with Gasteiger partial charge in [-0.1, -0.05) is 47.6 Å². The lowest BCUT2D eigenvalue weighted by Crippen LogP contribution is -2.72. The summed E-state index contributed by atoms with van der Waals surface area (Å²) >= 11 is 0. The molecular weight excluding hydrogens is 528 g/mol. The van der Waals surface area contributed by atoms with Gasteiger partial charge in [0.25, 0.3) is 0 Å². The highest BCUT2D eigenvalue weighted by molar-refractivity contribution is 6.74. The zero-order chi connectivity index (χ0) is 29.5. The zero-order valence-electron chi connectivity index (χ0n) is 24.8. The van der Waals surface area contributed by atoms with E-state index in [0.717, 1.165) is 7.11 Å². The van der Waals surface area contributed by atoms with Crippen molar-refractivity contribution in [3.63, 3.8) is 0 Å². The minimum Gasteiger partial charge on any atom is -0.467 e. The summed E-state index contributed by atoms with van der Waals surface area (Å²) in [5, 5.41) is 10.5. The van der Waals surface area contributed by atoms with E-state index in [4.69, 9.17) is 27.8 Å². The van der Waals surface area contributed by atoms with Gasteiger partial charge in [-0.15, -0.1) is 6.58 Å². The lowest BCUT2D eigenvalue weighted by atomic mass is 9.74. The molecule has 2 saturated heterocycles. The fourth-order valence-corrected chi connectivity index (χ4v) is 6.68. The van der Waals surface area contributed by atoms with E-state index in [1.54, 1.807) is 0 Å². The zero-order valence-corrected chi connectivity index (χ0v) is 26.8. The number of methoxy groups -OCH3 is 1. The maximum Gasteiger partial charge on any atom is 0.345 e. The Hall–Kier alpha value is -1.42. The highest BCUT2D eigenvalue weighted by atomic mass is 28.4. The Balaban J connectivity index is 2.87. The molecule has 0 aromatic carbocycles. The number of carbonyl (C=O) groups excluding carboxylic acids is 3. The molecule has 5 atom stereocenters. The summed E-state index contributed by atoms with van der Waals surface area (Å²) in [6.07, 6.45) is -3.15. The van der Waals surface area contributed by atoms with Crippen molar-refractivity contribution in [1.82, 2.24) is 0 Å². The van der Waals surface area contributed by atoms with Gasteiger partial charge in [0.2, 0.25) is 5.60 Å². The van der Waals surface area contributed by atoms with Crippen LogP contribution in [0.5, 0.6) is 0 Å². The number of ether oxygens (including phenoxy) is 4. The minimum absolute atomic E-state index is 0.0328. The second-order valence-electron chi connectivity index (χ2n) is 13.1. The SMILES string of the molecule is C=CCC(=O)[C@@H](O[Si](C)(C)C(C)(C)C)[C@@H](O[Si](C)(C)C(C)(C)C)[C@]12COC(=O)[C@@]1([C@H](O)C(=O)OC)OCO2. The number of esters is 2. The average molecular weight is 575 g/mol. The maximum atomic E-state index is 13.8. The summed E-state index contributed by atoms with van der Waals surface area (Å²) in [6, 6.07) is 0. The second kappa shape index (κ2) is 10.9. The van der Waals surface area contributed by atoms with E-state index in [0.29, 0.717) is 0 Å². The molecule has 2 rings (SSSR count). The van der Waals surface area contributed by atoms with Crippen LogP contribution in [-0.4, -0.2) is 89.5 Å². The van der Waals surface area contributed by atoms with Gasteiger partial charge >= 0.3 is 11.9 Å². The third-order valence-corrected chi connectivity index (χ3v) is 17.5. The molecule has 0 spiro atoms. The van der Waals surface area contributed by atoms with E-state index >= 15 is 0 Å². The predicted molar refractivity (Wildman–Crippen MR) is 145 cm³/mol. The number of aliphatic hydroxyl groups is 1. The first-order valence-electron chi connectivity index (χ1n) is 12.9. The third-order valence-electron chi connectivity index (χ3n) is 8.62. The number of rotatable bonds is 11. The number of hydrogen-bond donors (Lipinski definition) is 1. The van der Waals surface area contributed by atoms with Crippen molar-refractivity contribution in [2.45, 2.75) is 114 Å². The molecule has 2 aliphatic heterocycles. The van der Waals surface area contributed by atoms with E-state index in [9.17, 15) is 19.5 Å². The van der Waals surface area contributed by atoms with Crippen LogP contribution in [0, 0.1) is 0 Å². The Morgan fingerprint density at radius 2 is 1.58 bits per heavy atom. The molecule has 0 aliphatic carbocycles. The quantitative estimate of drug-likeness (QED) is 0.223. The molecule has 0 bridgehead atoms. The van der Waals surface area contributed by atoms with Gasteiger partial charge in [-0.05, 0) is 36.3 Å². The smallest absolute Gasteiger partial charge is 0.345 e. The first-order chi connectivity index (χ1) is 17.1. The van der Waals surface area contributed by atoms with Gasteiger partial charge in [0.1, 0.15) is 25.6 Å². The van der Waals surface area contributed by atoms with Crippen LogP contribution in [0.4, 0.5) is 0 Å². The second-order valence-corrected chi connectivity index (χ2v) is 22.6. The van der Waals surface area contributed by atoms with E-state index in [2.05, 4.69) is 6.58 Å². The van der Waals surface area contributed by atoms with Gasteiger partial charge in [-0.25, -0.2) is 9.59 Å². The summed E-state index contributed by atoms with van der Waals surface area (Å²) in [5.74, 6) is -2.44. The van der Waals surface area contributed by atoms with Crippen LogP contribution in [0.2, 0.25) is 36.3 Å². The molecule has 2 aliphatic rings. The van der Waals surface area contributed by atoms with Crippen molar-refractivity contribution in [2.24, 2.45) is 0 Å². The van der Waals surface area contributed by atoms with Crippen LogP contribution in [0.15, 0.2) is 12.7 Å². The highest BCUT2D eigenvalue weighted by Gasteiger charge is 2.79. The topological polar surface area (TPSA) is 127 Å². The third kappa shape index (κ3) is 5.45. The van der Waals surface area contributed by atoms with Crippen LogP contribution in [0.25, 0.3) is 0 Å². The van der Waals surface area contributed by atoms with Crippen molar-refractivity contribution < 1.29 is 47.3 Å². The maximum absolute atomic E-state index is 13.8. The van der Waals surface area contributed by atoms with Crippen molar-refractivity contribution in [1.29, 1.82) is 0 Å². The molecular formula is C26H46O10Si2. The van der Waals surface area contributed by atoms with Gasteiger partial charge in [0.05, 0.1) is 7.11 Å². The predicted octanol–water partition coefficient (Wildman–Crippen LogP) is 3.49. The summed E-state index contributed by atoms with van der Waals surface area (Å²) < 4.78 is 35.7. The molecule has 0 unspecified atom stereocenters. The Kier molecular flexibility index (Phi) is 9.38. The summed E-state index contributed by atoms with van der Waals surface area (Å²) in [7, 11) is -4.27. The molecule has 2 heterocycles. The standard InChI is InChI=1S/C26H46O10Si2/c1-13-14-17(27)18(35-37(9,10)23(2,3)4)20(36-38(11,12)24(5,6)7)25-15-32-22(30)26(25,34-16-33-25)19(28)21(29)31-8/h13,18-20,28H,1,14-16H2,2-12H3/t18-,19-,20-,25-,26-/m1/s1. The van der Waals surface area contributed by atoms with Gasteiger partial charge in [0.15, 0.2) is 34.1 Å². The number of Topliss-reactive ketones (excluding diaryl/α,β-unsaturated/α-hetero) is 1. The largest absolute Gasteiger partial charge is 0.467 e. The normalized spacial score (nSPS) is 26.8. The van der Waals surface area contributed by atoms with E-state index in [-0.39, 0.29) is 22.3 Å². The van der Waals surface area contributed by atoms with Gasteiger partial charge < -0.3 is 32.9 Å². The molecule has 0 radical (unpaired) electrons. The minimum atomic E-state index is -2.72. The first-order valence-corrected chi connectivity index (χ1v) is 18.7. The number of ketones is 1. The van der Waals surface area contributed by atoms with Crippen molar-refractivity contribution >= 4 is 34.4 Å². The van der Waals surface area contributed by atoms with Crippen molar-refractivity contribution in [2.75, 3.05) is 20.5 Å². The van der Waals surface area contributed by atoms with Crippen LogP contribution < -0.4 is 0 Å². The molecule has 38 heavy (non-hydrogen) atoms. The molecule has 10 nitrogen and oxygen atoms in total. The van der Waals surface area contributed by atoms with Crippen LogP contribution in [0.3, 0.4) is 0 Å². The summed E-state index contributed by atoms with van der Waals surface area (Å²) in [4.78, 5) is 39.7. The van der Waals surface area contributed by atoms with E-state index in [1.807, 2.05) is 67.7 Å². The number of cyclic esters (lactones) is 1. The fourth-order valence-electron chi connectivity index (χ4n) is 4.14. The fraction of sp³-hybridized carbons (Fsp3) is 0.808. The Bertz CT molecular complexity index is 935. The molecule has 0 amide bonds. The molecule has 218 valence electrons. The molecule has 1 N–H and O–H groups in total. The van der Waals surface area contributed by atoms with E-state index < -0.39 is 71.5 Å². The highest BCUT2D eigenvalue weighted by Crippen LogP contribution is 2.52. The van der Waals surface area contributed by atoms with Gasteiger partial charge in [-0.3, -0.25) is 4.79 Å². The Morgan fingerprint density at radius 1 is 1.05 bits per heavy atom. The molecule has 0 aromatic heterocycles. The van der Waals surface area contributed by atoms with Gasteiger partial charge in [0, 0.05) is 6.42 Å². The van der Waals surface area contributed by atoms with Crippen LogP contribution in [-0.2, 0) is 42.2 Å². The van der Waals surface area contributed by atoms with Crippen LogP contribution >= 0.6 is 0 Å². The molecule has 0 saturated carbocycles. The number of fused-ring (bicyclic) bond motifs is 1. The number of hydrogen-bond acceptors (Lipinski definition) is 10. The lowest BCUT2D eigenvalue weighted by Gasteiger charge is -2.50. The number of carbonyl (C=O) groups is 3. The lowest BCUT2D eigenvalue weighted by molar-refractivity contribution is -0.191. The van der Waals surface area contributed by atoms with E-state index in [1.165, 1.54) is 6.08 Å². The van der Waals surface area contributed by atoms with Gasteiger partial charge in [-0.2, -0.15) is 0 Å². The number of allylic oxidation sites excluding steroid dienone is 1. The van der Waals surface area contributed by atoms with Crippen molar-refractivity contribution in [3.8, 4) is 0 Å². The molecule has 0 aromatic rings. The molecule has 2 fully saturated rings. The summed E-state index contributed by atoms with van der Waals surface area (Å²) in [6.45, 7) is 23.1. The van der Waals surface area contributed by atoms with Crippen LogP contribution in [0.1, 0.15) is 48.0 Å². The van der Waals surface area contributed by atoms with Crippen molar-refractivity contribution in [3.05, 3.63) is 12.7 Å². The Morgan fingerprint density at radius 3 is 2.05 bits per heavy atom.